The van der Waals surface area contributed by atoms with Crippen LogP contribution in [0.4, 0.5) is 4.39 Å². The Morgan fingerprint density at radius 2 is 2.00 bits per heavy atom. The molecule has 0 bridgehead atoms. The Labute approximate surface area is 114 Å². The van der Waals surface area contributed by atoms with Crippen molar-refractivity contribution >= 4 is 9.84 Å². The minimum atomic E-state index is -3.29. The van der Waals surface area contributed by atoms with Gasteiger partial charge in [0, 0.05) is 12.3 Å². The summed E-state index contributed by atoms with van der Waals surface area (Å²) >= 11 is 0. The van der Waals surface area contributed by atoms with Crippen LogP contribution in [0.5, 0.6) is 0 Å². The second-order valence-corrected chi connectivity index (χ2v) is 7.97. The lowest BCUT2D eigenvalue weighted by atomic mass is 9.94. The van der Waals surface area contributed by atoms with Crippen molar-refractivity contribution < 1.29 is 12.8 Å². The Hall–Kier alpha value is -0.980. The molecule has 6 heteroatoms. The van der Waals surface area contributed by atoms with Crippen LogP contribution in [0.1, 0.15) is 25.0 Å². The van der Waals surface area contributed by atoms with Gasteiger partial charge in [0.05, 0.1) is 4.75 Å². The lowest BCUT2D eigenvalue weighted by Crippen LogP contribution is -2.55. The monoisotopic (exact) mass is 288 g/mol. The largest absolute Gasteiger partial charge is 0.271 e. The van der Waals surface area contributed by atoms with E-state index in [2.05, 4.69) is 5.43 Å². The number of halogens is 1. The van der Waals surface area contributed by atoms with Crippen LogP contribution >= 0.6 is 0 Å². The number of hydrogen-bond donors (Lipinski definition) is 2. The predicted molar refractivity (Wildman–Crippen MR) is 74.9 cm³/mol. The van der Waals surface area contributed by atoms with Gasteiger partial charge in [-0.15, -0.1) is 0 Å². The lowest BCUT2D eigenvalue weighted by molar-refractivity contribution is 0.412. The van der Waals surface area contributed by atoms with Crippen LogP contribution in [0.15, 0.2) is 18.2 Å². The maximum atomic E-state index is 13.3. The summed E-state index contributed by atoms with van der Waals surface area (Å²) in [5.74, 6) is 5.14. The molecule has 1 aromatic carbocycles. The molecule has 0 saturated heterocycles. The number of rotatable bonds is 5. The molecule has 4 nitrogen and oxygen atoms in total. The topological polar surface area (TPSA) is 72.2 Å². The summed E-state index contributed by atoms with van der Waals surface area (Å²) in [6.45, 7) is 5.08. The highest BCUT2D eigenvalue weighted by molar-refractivity contribution is 7.92. The summed E-state index contributed by atoms with van der Waals surface area (Å²) in [5, 5.41) is 0. The summed E-state index contributed by atoms with van der Waals surface area (Å²) in [6.07, 6.45) is 1.52. The molecule has 1 atom stereocenters. The van der Waals surface area contributed by atoms with Gasteiger partial charge in [-0.3, -0.25) is 11.3 Å². The van der Waals surface area contributed by atoms with Crippen molar-refractivity contribution in [3.8, 4) is 0 Å². The fraction of sp³-hybridized carbons (Fsp3) is 0.538. The molecule has 0 amide bonds. The second kappa shape index (κ2) is 5.56. The van der Waals surface area contributed by atoms with E-state index < -0.39 is 20.6 Å². The van der Waals surface area contributed by atoms with Crippen LogP contribution in [0.3, 0.4) is 0 Å². The van der Waals surface area contributed by atoms with E-state index in [1.807, 2.05) is 6.92 Å². The van der Waals surface area contributed by atoms with Crippen LogP contribution in [0, 0.1) is 12.7 Å². The van der Waals surface area contributed by atoms with Crippen molar-refractivity contribution in [1.29, 1.82) is 0 Å². The van der Waals surface area contributed by atoms with Crippen LogP contribution in [-0.4, -0.2) is 25.5 Å². The van der Waals surface area contributed by atoms with Crippen LogP contribution in [-0.2, 0) is 16.3 Å². The standard InChI is InChI=1S/C13H21FN2O2S/c1-9-5-6-11(14)7-10(9)8-12(16-15)13(2,3)19(4,17)18/h5-7,12,16H,8,15H2,1-4H3. The first-order valence-electron chi connectivity index (χ1n) is 6.00. The van der Waals surface area contributed by atoms with Gasteiger partial charge in [-0.1, -0.05) is 6.07 Å². The van der Waals surface area contributed by atoms with E-state index >= 15 is 0 Å². The van der Waals surface area contributed by atoms with E-state index in [9.17, 15) is 12.8 Å². The molecule has 0 fully saturated rings. The van der Waals surface area contributed by atoms with E-state index in [1.165, 1.54) is 18.4 Å². The number of nitrogens with two attached hydrogens (primary N) is 1. The van der Waals surface area contributed by atoms with Crippen LogP contribution in [0.2, 0.25) is 0 Å². The average Bonchev–Trinajstić information content (AvgIpc) is 2.28. The van der Waals surface area contributed by atoms with E-state index in [1.54, 1.807) is 19.9 Å². The quantitative estimate of drug-likeness (QED) is 0.633. The highest BCUT2D eigenvalue weighted by atomic mass is 32.2. The Bertz CT molecular complexity index is 556. The van der Waals surface area contributed by atoms with Crippen molar-refractivity contribution in [2.75, 3.05) is 6.26 Å². The van der Waals surface area contributed by atoms with Crippen molar-refractivity contribution in [3.05, 3.63) is 35.1 Å². The van der Waals surface area contributed by atoms with Gasteiger partial charge in [0.2, 0.25) is 0 Å². The first kappa shape index (κ1) is 16.1. The molecular weight excluding hydrogens is 267 g/mol. The van der Waals surface area contributed by atoms with Crippen LogP contribution in [0.25, 0.3) is 0 Å². The van der Waals surface area contributed by atoms with Crippen molar-refractivity contribution in [3.63, 3.8) is 0 Å². The molecule has 108 valence electrons. The lowest BCUT2D eigenvalue weighted by Gasteiger charge is -2.32. The zero-order chi connectivity index (χ0) is 14.8. The minimum Gasteiger partial charge on any atom is -0.271 e. The molecular formula is C13H21FN2O2S. The smallest absolute Gasteiger partial charge is 0.154 e. The van der Waals surface area contributed by atoms with Gasteiger partial charge in [0.25, 0.3) is 0 Å². The maximum Gasteiger partial charge on any atom is 0.154 e. The molecule has 0 aliphatic heterocycles. The first-order chi connectivity index (χ1) is 8.59. The third kappa shape index (κ3) is 3.52. The number of sulfone groups is 1. The Balaban J connectivity index is 3.10. The van der Waals surface area contributed by atoms with E-state index in [-0.39, 0.29) is 5.82 Å². The molecule has 0 aliphatic rings. The van der Waals surface area contributed by atoms with E-state index in [4.69, 9.17) is 5.84 Å². The van der Waals surface area contributed by atoms with E-state index in [0.29, 0.717) is 6.42 Å². The van der Waals surface area contributed by atoms with Gasteiger partial charge in [0.15, 0.2) is 9.84 Å². The Morgan fingerprint density at radius 1 is 1.42 bits per heavy atom. The van der Waals surface area contributed by atoms with Gasteiger partial charge in [-0.2, -0.15) is 0 Å². The van der Waals surface area contributed by atoms with Gasteiger partial charge in [-0.25, -0.2) is 12.8 Å². The fourth-order valence-electron chi connectivity index (χ4n) is 1.84. The normalized spacial score (nSPS) is 14.4. The maximum absolute atomic E-state index is 13.3. The van der Waals surface area contributed by atoms with Gasteiger partial charge >= 0.3 is 0 Å². The fourth-order valence-corrected chi connectivity index (χ4v) is 2.51. The second-order valence-electron chi connectivity index (χ2n) is 5.37. The molecule has 19 heavy (non-hydrogen) atoms. The number of hydrogen-bond acceptors (Lipinski definition) is 4. The number of aryl methyl sites for hydroxylation is 1. The molecule has 0 aromatic heterocycles. The molecule has 0 spiro atoms. The SMILES string of the molecule is Cc1ccc(F)cc1CC(NN)C(C)(C)S(C)(=O)=O. The molecule has 1 aromatic rings. The summed E-state index contributed by atoms with van der Waals surface area (Å²) in [5.41, 5.74) is 4.20. The third-order valence-electron chi connectivity index (χ3n) is 3.73. The minimum absolute atomic E-state index is 0.339. The van der Waals surface area contributed by atoms with E-state index in [0.717, 1.165) is 11.1 Å². The van der Waals surface area contributed by atoms with Gasteiger partial charge < -0.3 is 0 Å². The molecule has 1 unspecified atom stereocenters. The molecule has 0 heterocycles. The molecule has 0 radical (unpaired) electrons. The highest BCUT2D eigenvalue weighted by Crippen LogP contribution is 2.24. The zero-order valence-corrected chi connectivity index (χ0v) is 12.5. The average molecular weight is 288 g/mol. The molecule has 0 aliphatic carbocycles. The van der Waals surface area contributed by atoms with Crippen LogP contribution < -0.4 is 11.3 Å². The Morgan fingerprint density at radius 3 is 2.47 bits per heavy atom. The number of benzene rings is 1. The van der Waals surface area contributed by atoms with Crippen molar-refractivity contribution in [2.24, 2.45) is 5.84 Å². The summed E-state index contributed by atoms with van der Waals surface area (Å²) in [7, 11) is -3.29. The summed E-state index contributed by atoms with van der Waals surface area (Å²) in [4.78, 5) is 0. The molecule has 1 rings (SSSR count). The summed E-state index contributed by atoms with van der Waals surface area (Å²) < 4.78 is 35.9. The molecule has 3 N–H and O–H groups in total. The predicted octanol–water partition coefficient (Wildman–Crippen LogP) is 1.33. The zero-order valence-electron chi connectivity index (χ0n) is 11.7. The highest BCUT2D eigenvalue weighted by Gasteiger charge is 2.38. The molecule has 0 saturated carbocycles. The first-order valence-corrected chi connectivity index (χ1v) is 7.89. The third-order valence-corrected chi connectivity index (χ3v) is 5.93. The van der Waals surface area contributed by atoms with Gasteiger partial charge in [0.1, 0.15) is 5.82 Å². The number of hydrazine groups is 1. The van der Waals surface area contributed by atoms with Crippen molar-refractivity contribution in [1.82, 2.24) is 5.43 Å². The van der Waals surface area contributed by atoms with Gasteiger partial charge in [-0.05, 0) is 50.5 Å². The number of nitrogens with one attached hydrogen (secondary N) is 1. The summed E-state index contributed by atoms with van der Waals surface area (Å²) in [6, 6.07) is 3.97. The Kier molecular flexibility index (Phi) is 4.71. The van der Waals surface area contributed by atoms with Crippen molar-refractivity contribution in [2.45, 2.75) is 38.0 Å².